The number of unbranched alkanes of at least 4 members (excludes halogenated alkanes) is 1. The number of nitrogens with one attached hydrogen (secondary N) is 1. The van der Waals surface area contributed by atoms with E-state index < -0.39 is 23.8 Å². The monoisotopic (exact) mass is 595 g/mol. The molecule has 2 aromatic rings. The van der Waals surface area contributed by atoms with Crippen LogP contribution >= 0.6 is 0 Å². The van der Waals surface area contributed by atoms with Crippen molar-refractivity contribution in [2.24, 2.45) is 11.8 Å². The number of fused-ring (bicyclic) bond motifs is 2. The van der Waals surface area contributed by atoms with Crippen LogP contribution in [0.5, 0.6) is 11.5 Å². The van der Waals surface area contributed by atoms with Gasteiger partial charge < -0.3 is 34.8 Å². The van der Waals surface area contributed by atoms with E-state index in [4.69, 9.17) is 19.7 Å². The molecule has 3 N–H and O–H groups in total. The first-order valence-electron chi connectivity index (χ1n) is 14.6. The number of anilines is 1. The summed E-state index contributed by atoms with van der Waals surface area (Å²) in [7, 11) is 3.25. The van der Waals surface area contributed by atoms with Gasteiger partial charge in [0.15, 0.2) is 0 Å². The standard InChI is InChI=1S/C32H41N3O8/c1-19(31(38)39)9-29(36)34-15-22-11-21(27(42-3)13-24(22)17-34)7-5-6-8-33-26-12-23-16-35(18-25(23)14-28(26)43-4)30(37)10-20(2)32(40)41/h11-14,19-20,33H,5-10,15-18H2,1-4H3,(H,38,39)(H,40,41)/t19-,20-/m0/s1. The lowest BCUT2D eigenvalue weighted by atomic mass is 10.0. The van der Waals surface area contributed by atoms with Gasteiger partial charge in [0.2, 0.25) is 11.8 Å². The molecule has 0 aliphatic carbocycles. The summed E-state index contributed by atoms with van der Waals surface area (Å²) in [6.07, 6.45) is 2.55. The topological polar surface area (TPSA) is 146 Å². The zero-order valence-corrected chi connectivity index (χ0v) is 25.3. The Morgan fingerprint density at radius 3 is 1.70 bits per heavy atom. The van der Waals surface area contributed by atoms with E-state index in [-0.39, 0.29) is 24.7 Å². The number of methoxy groups -OCH3 is 2. The van der Waals surface area contributed by atoms with Crippen molar-refractivity contribution in [1.82, 2.24) is 9.80 Å². The summed E-state index contributed by atoms with van der Waals surface area (Å²) in [6.45, 7) is 5.61. The molecular weight excluding hydrogens is 554 g/mol. The molecule has 2 aliphatic heterocycles. The highest BCUT2D eigenvalue weighted by Gasteiger charge is 2.29. The number of benzene rings is 2. The number of carbonyl (C=O) groups excluding carboxylic acids is 2. The largest absolute Gasteiger partial charge is 0.496 e. The number of carboxylic acid groups (broad SMARTS) is 2. The number of carboxylic acids is 2. The Morgan fingerprint density at radius 2 is 1.21 bits per heavy atom. The fourth-order valence-electron chi connectivity index (χ4n) is 5.57. The molecule has 0 saturated heterocycles. The molecule has 0 fully saturated rings. The predicted molar refractivity (Wildman–Crippen MR) is 159 cm³/mol. The second-order valence-corrected chi connectivity index (χ2v) is 11.5. The number of aliphatic carboxylic acids is 2. The molecule has 232 valence electrons. The van der Waals surface area contributed by atoms with Crippen LogP contribution in [0.2, 0.25) is 0 Å². The van der Waals surface area contributed by atoms with Crippen LogP contribution in [0.4, 0.5) is 5.69 Å². The highest BCUT2D eigenvalue weighted by Crippen LogP contribution is 2.35. The van der Waals surface area contributed by atoms with Crippen LogP contribution in [-0.2, 0) is 51.8 Å². The second-order valence-electron chi connectivity index (χ2n) is 11.5. The van der Waals surface area contributed by atoms with E-state index in [1.54, 1.807) is 37.9 Å². The normalized spacial score (nSPS) is 15.0. The van der Waals surface area contributed by atoms with Gasteiger partial charge in [-0.15, -0.1) is 0 Å². The average molecular weight is 596 g/mol. The quantitative estimate of drug-likeness (QED) is 0.275. The SMILES string of the molecule is COc1cc2c(cc1CCCCNc1cc3c(cc1OC)CN(C(=O)C[C@H](C)C(=O)O)C3)CN(C(=O)C[C@H](C)C(=O)O)C2. The third-order valence-corrected chi connectivity index (χ3v) is 8.27. The third kappa shape index (κ3) is 7.57. The third-order valence-electron chi connectivity index (χ3n) is 8.27. The first kappa shape index (κ1) is 31.7. The molecular formula is C32H41N3O8. The summed E-state index contributed by atoms with van der Waals surface area (Å²) >= 11 is 0. The molecule has 0 unspecified atom stereocenters. The molecule has 11 heteroatoms. The van der Waals surface area contributed by atoms with Crippen LogP contribution < -0.4 is 14.8 Å². The zero-order valence-electron chi connectivity index (χ0n) is 25.3. The van der Waals surface area contributed by atoms with Gasteiger partial charge >= 0.3 is 11.9 Å². The Bertz CT molecular complexity index is 1290. The van der Waals surface area contributed by atoms with Crippen LogP contribution in [0.15, 0.2) is 24.3 Å². The van der Waals surface area contributed by atoms with Crippen molar-refractivity contribution >= 4 is 29.4 Å². The highest BCUT2D eigenvalue weighted by atomic mass is 16.5. The molecule has 2 aromatic carbocycles. The summed E-state index contributed by atoms with van der Waals surface area (Å²) in [5.74, 6) is -2.24. The second kappa shape index (κ2) is 13.8. The molecule has 0 radical (unpaired) electrons. The maximum Gasteiger partial charge on any atom is 0.306 e. The van der Waals surface area contributed by atoms with Gasteiger partial charge in [-0.1, -0.05) is 13.8 Å². The van der Waals surface area contributed by atoms with Gasteiger partial charge in [-0.25, -0.2) is 0 Å². The number of nitrogens with zero attached hydrogens (tertiary/aromatic N) is 2. The molecule has 2 heterocycles. The van der Waals surface area contributed by atoms with E-state index in [9.17, 15) is 19.2 Å². The average Bonchev–Trinajstić information content (AvgIpc) is 3.59. The zero-order chi connectivity index (χ0) is 31.3. The van der Waals surface area contributed by atoms with Gasteiger partial charge in [0.1, 0.15) is 11.5 Å². The van der Waals surface area contributed by atoms with E-state index in [0.717, 1.165) is 58.5 Å². The van der Waals surface area contributed by atoms with Gasteiger partial charge in [0.05, 0.1) is 31.7 Å². The lowest BCUT2D eigenvalue weighted by Gasteiger charge is -2.16. The first-order chi connectivity index (χ1) is 20.5. The number of ether oxygens (including phenoxy) is 2. The molecule has 0 spiro atoms. The van der Waals surface area contributed by atoms with Crippen molar-refractivity contribution in [2.45, 2.75) is 72.1 Å². The molecule has 43 heavy (non-hydrogen) atoms. The van der Waals surface area contributed by atoms with Crippen molar-refractivity contribution in [1.29, 1.82) is 0 Å². The Morgan fingerprint density at radius 1 is 0.744 bits per heavy atom. The van der Waals surface area contributed by atoms with E-state index in [1.807, 2.05) is 18.2 Å². The Kier molecular flexibility index (Phi) is 10.2. The lowest BCUT2D eigenvalue weighted by Crippen LogP contribution is -2.28. The van der Waals surface area contributed by atoms with E-state index >= 15 is 0 Å². The number of amides is 2. The van der Waals surface area contributed by atoms with Crippen molar-refractivity contribution in [3.63, 3.8) is 0 Å². The van der Waals surface area contributed by atoms with Crippen LogP contribution in [-0.4, -0.2) is 64.5 Å². The number of aryl methyl sites for hydroxylation is 1. The summed E-state index contributed by atoms with van der Waals surface area (Å²) in [5.41, 5.74) is 6.04. The molecule has 0 aromatic heterocycles. The minimum Gasteiger partial charge on any atom is -0.496 e. The Hall–Kier alpha value is -4.28. The fourth-order valence-corrected chi connectivity index (χ4v) is 5.57. The number of carbonyl (C=O) groups is 4. The van der Waals surface area contributed by atoms with Crippen molar-refractivity contribution in [3.8, 4) is 11.5 Å². The maximum absolute atomic E-state index is 12.6. The maximum atomic E-state index is 12.6. The summed E-state index contributed by atoms with van der Waals surface area (Å²) < 4.78 is 11.3. The molecule has 2 aliphatic rings. The van der Waals surface area contributed by atoms with Gasteiger partial charge in [0.25, 0.3) is 0 Å². The minimum atomic E-state index is -0.976. The number of rotatable bonds is 14. The van der Waals surface area contributed by atoms with Crippen LogP contribution in [0.25, 0.3) is 0 Å². The van der Waals surface area contributed by atoms with Crippen molar-refractivity contribution < 1.29 is 38.9 Å². The van der Waals surface area contributed by atoms with Gasteiger partial charge in [-0.05, 0) is 71.3 Å². The smallest absolute Gasteiger partial charge is 0.306 e. The Labute approximate surface area is 251 Å². The van der Waals surface area contributed by atoms with Gasteiger partial charge in [0, 0.05) is 45.6 Å². The predicted octanol–water partition coefficient (Wildman–Crippen LogP) is 4.04. The van der Waals surface area contributed by atoms with Crippen molar-refractivity contribution in [3.05, 3.63) is 52.1 Å². The van der Waals surface area contributed by atoms with Crippen molar-refractivity contribution in [2.75, 3.05) is 26.1 Å². The summed E-state index contributed by atoms with van der Waals surface area (Å²) in [4.78, 5) is 50.9. The Balaban J connectivity index is 1.30. The van der Waals surface area contributed by atoms with E-state index in [1.165, 1.54) is 0 Å². The molecule has 0 bridgehead atoms. The number of hydrogen-bond donors (Lipinski definition) is 3. The minimum absolute atomic E-state index is 0.0161. The first-order valence-corrected chi connectivity index (χ1v) is 14.6. The van der Waals surface area contributed by atoms with E-state index in [0.29, 0.717) is 38.5 Å². The van der Waals surface area contributed by atoms with E-state index in [2.05, 4.69) is 11.4 Å². The molecule has 2 atom stereocenters. The molecule has 2 amide bonds. The van der Waals surface area contributed by atoms with Crippen LogP contribution in [0.1, 0.15) is 67.3 Å². The fraction of sp³-hybridized carbons (Fsp3) is 0.500. The summed E-state index contributed by atoms with van der Waals surface area (Å²) in [6, 6.07) is 8.04. The molecule has 0 saturated carbocycles. The van der Waals surface area contributed by atoms with Crippen LogP contribution in [0, 0.1) is 11.8 Å². The molecule has 4 rings (SSSR count). The highest BCUT2D eigenvalue weighted by molar-refractivity contribution is 5.83. The number of hydrogen-bond acceptors (Lipinski definition) is 7. The van der Waals surface area contributed by atoms with Gasteiger partial charge in [-0.3, -0.25) is 19.2 Å². The summed E-state index contributed by atoms with van der Waals surface area (Å²) in [5, 5.41) is 21.7. The molecule has 11 nitrogen and oxygen atoms in total. The van der Waals surface area contributed by atoms with Crippen LogP contribution in [0.3, 0.4) is 0 Å². The lowest BCUT2D eigenvalue weighted by molar-refractivity contribution is -0.145. The van der Waals surface area contributed by atoms with Gasteiger partial charge in [-0.2, -0.15) is 0 Å².